The lowest BCUT2D eigenvalue weighted by molar-refractivity contribution is 0.393. The number of nitrogens with two attached hydrogens (primary N) is 1. The maximum Gasteiger partial charge on any atom is 0.149 e. The van der Waals surface area contributed by atoms with Gasteiger partial charge in [-0.25, -0.2) is 0 Å². The summed E-state index contributed by atoms with van der Waals surface area (Å²) in [6, 6.07) is 0. The van der Waals surface area contributed by atoms with Gasteiger partial charge >= 0.3 is 0 Å². The molecule has 0 unspecified atom stereocenters. The third kappa shape index (κ3) is 1.86. The molecule has 1 rings (SSSR count). The normalized spacial score (nSPS) is 9.25. The summed E-state index contributed by atoms with van der Waals surface area (Å²) in [5.74, 6) is 6.70. The second-order valence-electron chi connectivity index (χ2n) is 2.54. The number of aromatic nitrogens is 1. The minimum Gasteiger partial charge on any atom is -0.360 e. The van der Waals surface area contributed by atoms with Crippen LogP contribution in [0.2, 0.25) is 0 Å². The summed E-state index contributed by atoms with van der Waals surface area (Å²) in [7, 11) is 0. The SMILES string of the molecule is Cc1noc(C)c1C#CCCN. The second-order valence-corrected chi connectivity index (χ2v) is 2.54. The molecule has 1 heterocycles. The minimum absolute atomic E-state index is 0.594. The Morgan fingerprint density at radius 1 is 1.50 bits per heavy atom. The maximum atomic E-state index is 5.30. The fourth-order valence-corrected chi connectivity index (χ4v) is 0.884. The van der Waals surface area contributed by atoms with Crippen LogP contribution in [0, 0.1) is 25.7 Å². The van der Waals surface area contributed by atoms with Gasteiger partial charge in [-0.05, 0) is 13.8 Å². The van der Waals surface area contributed by atoms with Crippen molar-refractivity contribution in [1.29, 1.82) is 0 Å². The van der Waals surface area contributed by atoms with E-state index in [1.54, 1.807) is 0 Å². The maximum absolute atomic E-state index is 5.30. The molecule has 0 aliphatic carbocycles. The van der Waals surface area contributed by atoms with Crippen molar-refractivity contribution in [3.05, 3.63) is 17.0 Å². The molecule has 0 aliphatic heterocycles. The van der Waals surface area contributed by atoms with E-state index in [-0.39, 0.29) is 0 Å². The van der Waals surface area contributed by atoms with E-state index in [1.165, 1.54) is 0 Å². The van der Waals surface area contributed by atoms with Crippen molar-refractivity contribution in [1.82, 2.24) is 5.16 Å². The molecule has 1 aromatic heterocycles. The molecule has 64 valence electrons. The van der Waals surface area contributed by atoms with Crippen molar-refractivity contribution in [3.8, 4) is 11.8 Å². The van der Waals surface area contributed by atoms with Crippen molar-refractivity contribution in [2.45, 2.75) is 20.3 Å². The highest BCUT2D eigenvalue weighted by atomic mass is 16.5. The van der Waals surface area contributed by atoms with Gasteiger partial charge in [-0.1, -0.05) is 17.0 Å². The zero-order valence-electron chi connectivity index (χ0n) is 7.35. The summed E-state index contributed by atoms with van der Waals surface area (Å²) >= 11 is 0. The summed E-state index contributed by atoms with van der Waals surface area (Å²) < 4.78 is 4.94. The number of rotatable bonds is 1. The molecule has 0 spiro atoms. The molecule has 3 heteroatoms. The fourth-order valence-electron chi connectivity index (χ4n) is 0.884. The highest BCUT2D eigenvalue weighted by Crippen LogP contribution is 2.09. The largest absolute Gasteiger partial charge is 0.360 e. The van der Waals surface area contributed by atoms with Gasteiger partial charge in [0.25, 0.3) is 0 Å². The van der Waals surface area contributed by atoms with Crippen LogP contribution < -0.4 is 5.73 Å². The van der Waals surface area contributed by atoms with Crippen LogP contribution in [0.1, 0.15) is 23.4 Å². The Kier molecular flexibility index (Phi) is 2.89. The van der Waals surface area contributed by atoms with Gasteiger partial charge in [-0.3, -0.25) is 0 Å². The van der Waals surface area contributed by atoms with Gasteiger partial charge in [0, 0.05) is 13.0 Å². The Balaban J connectivity index is 2.82. The number of hydrogen-bond acceptors (Lipinski definition) is 3. The van der Waals surface area contributed by atoms with Crippen LogP contribution in [0.3, 0.4) is 0 Å². The molecule has 0 fully saturated rings. The van der Waals surface area contributed by atoms with Crippen molar-refractivity contribution in [2.24, 2.45) is 5.73 Å². The van der Waals surface area contributed by atoms with Crippen LogP contribution in [-0.2, 0) is 0 Å². The van der Waals surface area contributed by atoms with E-state index >= 15 is 0 Å². The first-order chi connectivity index (χ1) is 5.75. The molecule has 3 nitrogen and oxygen atoms in total. The molecule has 1 aromatic rings. The summed E-state index contributed by atoms with van der Waals surface area (Å²) in [6.45, 7) is 4.33. The molecule has 0 amide bonds. The molecule has 0 aliphatic rings. The summed E-state index contributed by atoms with van der Waals surface area (Å²) in [5.41, 5.74) is 7.04. The molecule has 12 heavy (non-hydrogen) atoms. The molecule has 0 aromatic carbocycles. The van der Waals surface area contributed by atoms with E-state index in [2.05, 4.69) is 17.0 Å². The van der Waals surface area contributed by atoms with Gasteiger partial charge in [-0.15, -0.1) is 0 Å². The van der Waals surface area contributed by atoms with Crippen LogP contribution in [0.5, 0.6) is 0 Å². The van der Waals surface area contributed by atoms with E-state index < -0.39 is 0 Å². The lowest BCUT2D eigenvalue weighted by Gasteiger charge is -1.84. The Bertz CT molecular complexity index is 298. The molecule has 0 saturated heterocycles. The van der Waals surface area contributed by atoms with Crippen LogP contribution in [0.4, 0.5) is 0 Å². The van der Waals surface area contributed by atoms with E-state index in [4.69, 9.17) is 10.3 Å². The predicted molar refractivity (Wildman–Crippen MR) is 46.5 cm³/mol. The highest BCUT2D eigenvalue weighted by Gasteiger charge is 2.04. The molecule has 0 atom stereocenters. The first-order valence-electron chi connectivity index (χ1n) is 3.87. The summed E-state index contributed by atoms with van der Waals surface area (Å²) in [4.78, 5) is 0. The van der Waals surface area contributed by atoms with E-state index in [1.807, 2.05) is 13.8 Å². The van der Waals surface area contributed by atoms with E-state index in [0.717, 1.165) is 17.0 Å². The standard InChI is InChI=1S/C9H12N2O/c1-7-9(5-3-4-6-10)8(2)12-11-7/h4,6,10H2,1-2H3. The van der Waals surface area contributed by atoms with Crippen molar-refractivity contribution >= 4 is 0 Å². The topological polar surface area (TPSA) is 52.0 Å². The van der Waals surface area contributed by atoms with Crippen molar-refractivity contribution in [3.63, 3.8) is 0 Å². The average Bonchev–Trinajstić information content (AvgIpc) is 2.35. The smallest absolute Gasteiger partial charge is 0.149 e. The third-order valence-corrected chi connectivity index (χ3v) is 1.52. The monoisotopic (exact) mass is 164 g/mol. The van der Waals surface area contributed by atoms with Gasteiger partial charge in [-0.2, -0.15) is 0 Å². The van der Waals surface area contributed by atoms with Gasteiger partial charge in [0.05, 0.1) is 11.3 Å². The fraction of sp³-hybridized carbons (Fsp3) is 0.444. The quantitative estimate of drug-likeness (QED) is 0.630. The van der Waals surface area contributed by atoms with Gasteiger partial charge in [0.15, 0.2) is 0 Å². The zero-order chi connectivity index (χ0) is 8.97. The second kappa shape index (κ2) is 3.93. The first kappa shape index (κ1) is 8.82. The molecule has 0 bridgehead atoms. The lowest BCUT2D eigenvalue weighted by atomic mass is 10.2. The van der Waals surface area contributed by atoms with Gasteiger partial charge in [0.1, 0.15) is 5.76 Å². The molecule has 0 saturated carbocycles. The van der Waals surface area contributed by atoms with Crippen LogP contribution in [0.15, 0.2) is 4.52 Å². The number of aryl methyl sites for hydroxylation is 2. The zero-order valence-corrected chi connectivity index (χ0v) is 7.35. The van der Waals surface area contributed by atoms with Gasteiger partial charge < -0.3 is 10.3 Å². The Labute approximate surface area is 71.9 Å². The minimum atomic E-state index is 0.594. The number of hydrogen-bond donors (Lipinski definition) is 1. The third-order valence-electron chi connectivity index (χ3n) is 1.52. The molecule has 0 radical (unpaired) electrons. The predicted octanol–water partition coefficient (Wildman–Crippen LogP) is 0.992. The van der Waals surface area contributed by atoms with E-state index in [0.29, 0.717) is 13.0 Å². The highest BCUT2D eigenvalue weighted by molar-refractivity contribution is 5.39. The molecule has 2 N–H and O–H groups in total. The molecular formula is C9H12N2O. The van der Waals surface area contributed by atoms with Crippen LogP contribution in [0.25, 0.3) is 0 Å². The van der Waals surface area contributed by atoms with Crippen molar-refractivity contribution in [2.75, 3.05) is 6.54 Å². The Morgan fingerprint density at radius 3 is 2.75 bits per heavy atom. The van der Waals surface area contributed by atoms with Crippen LogP contribution >= 0.6 is 0 Å². The summed E-state index contributed by atoms with van der Waals surface area (Å²) in [6.07, 6.45) is 0.712. The lowest BCUT2D eigenvalue weighted by Crippen LogP contribution is -1.95. The van der Waals surface area contributed by atoms with Crippen molar-refractivity contribution < 1.29 is 4.52 Å². The molecular weight excluding hydrogens is 152 g/mol. The first-order valence-corrected chi connectivity index (χ1v) is 3.87. The van der Waals surface area contributed by atoms with Crippen LogP contribution in [-0.4, -0.2) is 11.7 Å². The van der Waals surface area contributed by atoms with E-state index in [9.17, 15) is 0 Å². The summed E-state index contributed by atoms with van der Waals surface area (Å²) in [5, 5.41) is 3.79. The number of nitrogens with zero attached hydrogens (tertiary/aromatic N) is 1. The Hall–Kier alpha value is -1.27. The Morgan fingerprint density at radius 2 is 2.25 bits per heavy atom. The van der Waals surface area contributed by atoms with Gasteiger partial charge in [0.2, 0.25) is 0 Å². The average molecular weight is 164 g/mol.